The number of hydrogen-bond donors (Lipinski definition) is 2. The van der Waals surface area contributed by atoms with Crippen LogP contribution in [0.15, 0.2) is 23.3 Å². The van der Waals surface area contributed by atoms with E-state index in [1.54, 1.807) is 7.11 Å². The third-order valence-corrected chi connectivity index (χ3v) is 5.94. The van der Waals surface area contributed by atoms with E-state index in [0.717, 1.165) is 57.6 Å². The highest BCUT2D eigenvalue weighted by Gasteiger charge is 2.36. The number of anilines is 1. The number of aliphatic imine (C=N–C) groups is 1. The topological polar surface area (TPSA) is 71.0 Å². The fourth-order valence-electron chi connectivity index (χ4n) is 3.96. The summed E-state index contributed by atoms with van der Waals surface area (Å²) in [6.07, 6.45) is 7.10. The van der Waals surface area contributed by atoms with Crippen molar-refractivity contribution in [3.63, 3.8) is 0 Å². The van der Waals surface area contributed by atoms with Gasteiger partial charge in [-0.2, -0.15) is 0 Å². The molecule has 7 heteroatoms. The maximum Gasteiger partial charge on any atom is 0.191 e. The lowest BCUT2D eigenvalue weighted by Gasteiger charge is -2.42. The van der Waals surface area contributed by atoms with Gasteiger partial charge in [-0.25, -0.2) is 4.98 Å². The lowest BCUT2D eigenvalue weighted by molar-refractivity contribution is 0.0529. The van der Waals surface area contributed by atoms with Crippen LogP contribution in [0.3, 0.4) is 0 Å². The summed E-state index contributed by atoms with van der Waals surface area (Å²) < 4.78 is 10.9. The van der Waals surface area contributed by atoms with Gasteiger partial charge in [-0.05, 0) is 49.3 Å². The first-order valence-electron chi connectivity index (χ1n) is 10.4. The van der Waals surface area contributed by atoms with E-state index in [4.69, 9.17) is 9.47 Å². The SMILES string of the molecule is CN=C(NCc1ccnc(N2CCOC(C)C2)c1)NCC1(CCOC)CCC1. The molecule has 1 aliphatic heterocycles. The summed E-state index contributed by atoms with van der Waals surface area (Å²) in [5, 5.41) is 6.95. The lowest BCUT2D eigenvalue weighted by Crippen LogP contribution is -2.46. The predicted molar refractivity (Wildman–Crippen MR) is 113 cm³/mol. The van der Waals surface area contributed by atoms with Gasteiger partial charge in [0.25, 0.3) is 0 Å². The third kappa shape index (κ3) is 5.58. The Morgan fingerprint density at radius 2 is 2.29 bits per heavy atom. The van der Waals surface area contributed by atoms with Crippen molar-refractivity contribution in [3.05, 3.63) is 23.9 Å². The number of methoxy groups -OCH3 is 1. The summed E-state index contributed by atoms with van der Waals surface area (Å²) in [4.78, 5) is 11.2. The molecule has 28 heavy (non-hydrogen) atoms. The zero-order chi connectivity index (χ0) is 19.8. The molecule has 1 saturated carbocycles. The average Bonchev–Trinajstić information content (AvgIpc) is 2.69. The molecule has 0 aromatic carbocycles. The quantitative estimate of drug-likeness (QED) is 0.525. The van der Waals surface area contributed by atoms with Gasteiger partial charge in [0.1, 0.15) is 5.82 Å². The van der Waals surface area contributed by atoms with E-state index in [9.17, 15) is 0 Å². The fraction of sp³-hybridized carbons (Fsp3) is 0.714. The molecule has 1 aromatic heterocycles. The van der Waals surface area contributed by atoms with Gasteiger partial charge in [-0.1, -0.05) is 6.42 Å². The van der Waals surface area contributed by atoms with Crippen LogP contribution in [0, 0.1) is 5.41 Å². The van der Waals surface area contributed by atoms with E-state index in [-0.39, 0.29) is 6.10 Å². The van der Waals surface area contributed by atoms with Crippen LogP contribution >= 0.6 is 0 Å². The van der Waals surface area contributed by atoms with Gasteiger partial charge >= 0.3 is 0 Å². The molecule has 2 heterocycles. The van der Waals surface area contributed by atoms with E-state index < -0.39 is 0 Å². The number of guanidine groups is 1. The van der Waals surface area contributed by atoms with Gasteiger partial charge in [-0.15, -0.1) is 0 Å². The molecule has 0 bridgehead atoms. The van der Waals surface area contributed by atoms with Crippen molar-refractivity contribution in [2.45, 2.75) is 45.3 Å². The monoisotopic (exact) mass is 389 g/mol. The third-order valence-electron chi connectivity index (χ3n) is 5.94. The molecule has 3 rings (SSSR count). The van der Waals surface area contributed by atoms with Gasteiger partial charge in [0, 0.05) is 53.1 Å². The zero-order valence-corrected chi connectivity index (χ0v) is 17.5. The summed E-state index contributed by atoms with van der Waals surface area (Å²) in [5.41, 5.74) is 1.56. The van der Waals surface area contributed by atoms with E-state index in [2.05, 4.69) is 44.6 Å². The minimum atomic E-state index is 0.247. The number of aromatic nitrogens is 1. The van der Waals surface area contributed by atoms with Gasteiger partial charge in [0.15, 0.2) is 5.96 Å². The normalized spacial score (nSPS) is 21.9. The summed E-state index contributed by atoms with van der Waals surface area (Å²) >= 11 is 0. The number of pyridine rings is 1. The zero-order valence-electron chi connectivity index (χ0n) is 17.5. The van der Waals surface area contributed by atoms with Crippen LogP contribution in [-0.4, -0.2) is 64.1 Å². The van der Waals surface area contributed by atoms with E-state index in [1.165, 1.54) is 24.8 Å². The van der Waals surface area contributed by atoms with Crippen LogP contribution in [0.25, 0.3) is 0 Å². The van der Waals surface area contributed by atoms with Crippen molar-refractivity contribution in [2.24, 2.45) is 10.4 Å². The van der Waals surface area contributed by atoms with E-state index >= 15 is 0 Å². The number of ether oxygens (including phenoxy) is 2. The molecule has 0 spiro atoms. The lowest BCUT2D eigenvalue weighted by atomic mass is 9.67. The number of morpholine rings is 1. The Balaban J connectivity index is 1.50. The first-order chi connectivity index (χ1) is 13.6. The van der Waals surface area contributed by atoms with Gasteiger partial charge in [0.2, 0.25) is 0 Å². The molecule has 0 radical (unpaired) electrons. The predicted octanol–water partition coefficient (Wildman–Crippen LogP) is 2.18. The Morgan fingerprint density at radius 1 is 1.43 bits per heavy atom. The van der Waals surface area contributed by atoms with Crippen LogP contribution in [0.5, 0.6) is 0 Å². The maximum atomic E-state index is 5.63. The number of nitrogens with one attached hydrogen (secondary N) is 2. The molecule has 1 atom stereocenters. The minimum Gasteiger partial charge on any atom is -0.385 e. The van der Waals surface area contributed by atoms with Crippen molar-refractivity contribution in [3.8, 4) is 0 Å². The van der Waals surface area contributed by atoms with Gasteiger partial charge < -0.3 is 25.0 Å². The van der Waals surface area contributed by atoms with Gasteiger partial charge in [0.05, 0.1) is 12.7 Å². The molecule has 1 aliphatic carbocycles. The first kappa shape index (κ1) is 20.9. The first-order valence-corrected chi connectivity index (χ1v) is 10.4. The summed E-state index contributed by atoms with van der Waals surface area (Å²) in [6, 6.07) is 4.21. The summed E-state index contributed by atoms with van der Waals surface area (Å²) in [5.74, 6) is 1.87. The second-order valence-electron chi connectivity index (χ2n) is 8.03. The highest BCUT2D eigenvalue weighted by Crippen LogP contribution is 2.43. The number of rotatable bonds is 8. The summed E-state index contributed by atoms with van der Waals surface area (Å²) in [6.45, 7) is 7.14. The molecule has 2 aliphatic rings. The van der Waals surface area contributed by atoms with Crippen molar-refractivity contribution in [2.75, 3.05) is 51.9 Å². The minimum absolute atomic E-state index is 0.247. The average molecular weight is 390 g/mol. The molecule has 1 unspecified atom stereocenters. The Morgan fingerprint density at radius 3 is 2.96 bits per heavy atom. The summed E-state index contributed by atoms with van der Waals surface area (Å²) in [7, 11) is 3.60. The van der Waals surface area contributed by atoms with Crippen molar-refractivity contribution >= 4 is 11.8 Å². The Bertz CT molecular complexity index is 647. The second-order valence-corrected chi connectivity index (χ2v) is 8.03. The molecule has 2 fully saturated rings. The molecule has 0 amide bonds. The highest BCUT2D eigenvalue weighted by molar-refractivity contribution is 5.79. The van der Waals surface area contributed by atoms with Crippen molar-refractivity contribution < 1.29 is 9.47 Å². The number of hydrogen-bond acceptors (Lipinski definition) is 5. The van der Waals surface area contributed by atoms with Crippen LogP contribution < -0.4 is 15.5 Å². The molecule has 1 aromatic rings. The highest BCUT2D eigenvalue weighted by atomic mass is 16.5. The largest absolute Gasteiger partial charge is 0.385 e. The van der Waals surface area contributed by atoms with Crippen LogP contribution in [-0.2, 0) is 16.0 Å². The van der Waals surface area contributed by atoms with Crippen molar-refractivity contribution in [1.82, 2.24) is 15.6 Å². The number of nitrogens with zero attached hydrogens (tertiary/aromatic N) is 3. The van der Waals surface area contributed by atoms with Crippen molar-refractivity contribution in [1.29, 1.82) is 0 Å². The van der Waals surface area contributed by atoms with E-state index in [0.29, 0.717) is 5.41 Å². The molecule has 7 nitrogen and oxygen atoms in total. The molecule has 1 saturated heterocycles. The molecular formula is C21H35N5O2. The standard InChI is InChI=1S/C21H35N5O2/c1-17-15-26(10-12-28-17)19-13-18(5-9-23-19)14-24-20(22-2)25-16-21(6-4-7-21)8-11-27-3/h5,9,13,17H,4,6-8,10-12,14-16H2,1-3H3,(H2,22,24,25). The fourth-order valence-corrected chi connectivity index (χ4v) is 3.96. The molecule has 2 N–H and O–H groups in total. The molecule has 156 valence electrons. The van der Waals surface area contributed by atoms with E-state index in [1.807, 2.05) is 13.2 Å². The Labute approximate surface area is 168 Å². The Hall–Kier alpha value is -1.86. The molecular weight excluding hydrogens is 354 g/mol. The smallest absolute Gasteiger partial charge is 0.191 e. The second kappa shape index (κ2) is 10.1. The van der Waals surface area contributed by atoms with Crippen LogP contribution in [0.1, 0.15) is 38.2 Å². The maximum absolute atomic E-state index is 5.63. The van der Waals surface area contributed by atoms with Crippen LogP contribution in [0.4, 0.5) is 5.82 Å². The Kier molecular flexibility index (Phi) is 7.50. The van der Waals surface area contributed by atoms with Crippen LogP contribution in [0.2, 0.25) is 0 Å². The van der Waals surface area contributed by atoms with Gasteiger partial charge in [-0.3, -0.25) is 4.99 Å².